The lowest BCUT2D eigenvalue weighted by atomic mass is 10.1. The molecule has 0 aliphatic rings. The van der Waals surface area contributed by atoms with Crippen molar-refractivity contribution in [1.29, 1.82) is 0 Å². The van der Waals surface area contributed by atoms with E-state index in [1.165, 1.54) is 22.7 Å². The van der Waals surface area contributed by atoms with Gasteiger partial charge in [-0.25, -0.2) is 0 Å². The van der Waals surface area contributed by atoms with E-state index in [1.807, 2.05) is 36.4 Å². The Morgan fingerprint density at radius 1 is 1.07 bits per heavy atom. The molecule has 0 saturated heterocycles. The van der Waals surface area contributed by atoms with Crippen LogP contribution in [0, 0.1) is 6.92 Å². The van der Waals surface area contributed by atoms with E-state index in [2.05, 4.69) is 65.8 Å². The summed E-state index contributed by atoms with van der Waals surface area (Å²) in [5.74, 6) is 1.64. The molecule has 0 unspecified atom stereocenters. The van der Waals surface area contributed by atoms with Gasteiger partial charge in [-0.1, -0.05) is 63.2 Å². The van der Waals surface area contributed by atoms with Gasteiger partial charge >= 0.3 is 0 Å². The molecule has 8 heteroatoms. The smallest absolute Gasteiger partial charge is 0.237 e. The molecule has 5 aromatic rings. The van der Waals surface area contributed by atoms with Crippen molar-refractivity contribution in [2.45, 2.75) is 17.8 Å². The lowest BCUT2D eigenvalue weighted by molar-refractivity contribution is 0.391. The van der Waals surface area contributed by atoms with Crippen LogP contribution in [-0.2, 0) is 5.75 Å². The van der Waals surface area contributed by atoms with Crippen molar-refractivity contribution in [1.82, 2.24) is 24.7 Å². The zero-order chi connectivity index (χ0) is 19.1. The summed E-state index contributed by atoms with van der Waals surface area (Å²) < 4.78 is 8.46. The van der Waals surface area contributed by atoms with Crippen LogP contribution in [-0.4, -0.2) is 24.7 Å². The van der Waals surface area contributed by atoms with E-state index in [9.17, 15) is 0 Å². The van der Waals surface area contributed by atoms with Crippen molar-refractivity contribution >= 4 is 44.2 Å². The summed E-state index contributed by atoms with van der Waals surface area (Å²) in [6.07, 6.45) is 0. The van der Waals surface area contributed by atoms with Gasteiger partial charge in [0.1, 0.15) is 0 Å². The van der Waals surface area contributed by atoms with Crippen LogP contribution in [0.5, 0.6) is 0 Å². The Balaban J connectivity index is 1.45. The Kier molecular flexibility index (Phi) is 4.37. The van der Waals surface area contributed by atoms with Crippen molar-refractivity contribution in [3.05, 3.63) is 70.5 Å². The van der Waals surface area contributed by atoms with Crippen LogP contribution >= 0.6 is 27.7 Å². The predicted molar refractivity (Wildman–Crippen MR) is 112 cm³/mol. The van der Waals surface area contributed by atoms with Crippen LogP contribution in [0.15, 0.2) is 68.7 Å². The number of halogens is 1. The number of hydrogen-bond donors (Lipinski definition) is 0. The maximum atomic E-state index is 5.42. The third kappa shape index (κ3) is 3.08. The normalized spacial score (nSPS) is 11.5. The summed E-state index contributed by atoms with van der Waals surface area (Å²) in [4.78, 5) is 4.50. The van der Waals surface area contributed by atoms with Gasteiger partial charge in [-0.15, -0.1) is 10.2 Å². The van der Waals surface area contributed by atoms with Crippen molar-refractivity contribution in [2.24, 2.45) is 0 Å². The molecule has 138 valence electrons. The fraction of sp³-hybridized carbons (Fsp3) is 0.100. The summed E-state index contributed by atoms with van der Waals surface area (Å²) in [5.41, 5.74) is 4.01. The minimum atomic E-state index is 0.518. The molecule has 0 radical (unpaired) electrons. The standard InChI is InChI=1S/C20H14BrN5OS/c1-12-9-17-23-24-20(26(17)16-8-3-2-7-15(12)16)28-11-18-22-19(25-27-18)13-5-4-6-14(21)10-13/h2-10H,11H2,1H3. The molecule has 0 amide bonds. The average molecular weight is 452 g/mol. The van der Waals surface area contributed by atoms with E-state index >= 15 is 0 Å². The molecule has 0 aliphatic heterocycles. The lowest BCUT2D eigenvalue weighted by Crippen LogP contribution is -1.93. The van der Waals surface area contributed by atoms with E-state index in [0.29, 0.717) is 17.5 Å². The summed E-state index contributed by atoms with van der Waals surface area (Å²) in [6.45, 7) is 2.09. The van der Waals surface area contributed by atoms with Gasteiger partial charge in [-0.3, -0.25) is 4.40 Å². The van der Waals surface area contributed by atoms with Crippen LogP contribution in [0.1, 0.15) is 11.5 Å². The second-order valence-corrected chi connectivity index (χ2v) is 8.19. The Labute approximate surface area is 173 Å². The second-order valence-electron chi connectivity index (χ2n) is 6.33. The highest BCUT2D eigenvalue weighted by Gasteiger charge is 2.14. The van der Waals surface area contributed by atoms with E-state index in [4.69, 9.17) is 4.52 Å². The minimum absolute atomic E-state index is 0.518. The predicted octanol–water partition coefficient (Wildman–Crippen LogP) is 5.30. The highest BCUT2D eigenvalue weighted by molar-refractivity contribution is 9.10. The quantitative estimate of drug-likeness (QED) is 0.345. The van der Waals surface area contributed by atoms with Crippen LogP contribution in [0.3, 0.4) is 0 Å². The number of hydrogen-bond acceptors (Lipinski definition) is 6. The van der Waals surface area contributed by atoms with Gasteiger partial charge in [0, 0.05) is 15.4 Å². The summed E-state index contributed by atoms with van der Waals surface area (Å²) in [7, 11) is 0. The van der Waals surface area contributed by atoms with Gasteiger partial charge in [0.2, 0.25) is 11.7 Å². The average Bonchev–Trinajstić information content (AvgIpc) is 3.34. The molecule has 0 bridgehead atoms. The zero-order valence-corrected chi connectivity index (χ0v) is 17.2. The van der Waals surface area contributed by atoms with Gasteiger partial charge in [0.05, 0.1) is 11.3 Å². The molecule has 0 fully saturated rings. The van der Waals surface area contributed by atoms with Crippen molar-refractivity contribution in [2.75, 3.05) is 0 Å². The molecule has 0 spiro atoms. The Morgan fingerprint density at radius 3 is 2.86 bits per heavy atom. The summed E-state index contributed by atoms with van der Waals surface area (Å²) in [6, 6.07) is 18.1. The number of thioether (sulfide) groups is 1. The van der Waals surface area contributed by atoms with Crippen LogP contribution in [0.4, 0.5) is 0 Å². The van der Waals surface area contributed by atoms with E-state index in [0.717, 1.165) is 26.4 Å². The molecule has 2 aromatic carbocycles. The highest BCUT2D eigenvalue weighted by atomic mass is 79.9. The molecule has 5 rings (SSSR count). The van der Waals surface area contributed by atoms with Gasteiger partial charge < -0.3 is 4.52 Å². The third-order valence-corrected chi connectivity index (χ3v) is 5.86. The fourth-order valence-corrected chi connectivity index (χ4v) is 4.34. The van der Waals surface area contributed by atoms with Gasteiger partial charge in [-0.2, -0.15) is 4.98 Å². The fourth-order valence-electron chi connectivity index (χ4n) is 3.15. The lowest BCUT2D eigenvalue weighted by Gasteiger charge is -2.06. The molecule has 28 heavy (non-hydrogen) atoms. The number of rotatable bonds is 4. The van der Waals surface area contributed by atoms with Crippen LogP contribution < -0.4 is 0 Å². The zero-order valence-electron chi connectivity index (χ0n) is 14.8. The first-order chi connectivity index (χ1) is 13.7. The molecule has 0 N–H and O–H groups in total. The largest absolute Gasteiger partial charge is 0.338 e. The number of benzene rings is 2. The summed E-state index contributed by atoms with van der Waals surface area (Å²) in [5, 5.41) is 14.8. The first kappa shape index (κ1) is 17.4. The molecular weight excluding hydrogens is 438 g/mol. The maximum absolute atomic E-state index is 5.42. The number of aryl methyl sites for hydroxylation is 1. The van der Waals surface area contributed by atoms with Crippen LogP contribution in [0.25, 0.3) is 27.9 Å². The topological polar surface area (TPSA) is 69.1 Å². The number of nitrogens with zero attached hydrogens (tertiary/aromatic N) is 5. The Morgan fingerprint density at radius 2 is 1.96 bits per heavy atom. The van der Waals surface area contributed by atoms with Crippen molar-refractivity contribution in [3.63, 3.8) is 0 Å². The third-order valence-electron chi connectivity index (χ3n) is 4.45. The molecular formula is C20H14BrN5OS. The van der Waals surface area contributed by atoms with Gasteiger partial charge in [0.15, 0.2) is 10.8 Å². The summed E-state index contributed by atoms with van der Waals surface area (Å²) >= 11 is 4.99. The number of fused-ring (bicyclic) bond motifs is 3. The van der Waals surface area contributed by atoms with Crippen molar-refractivity contribution < 1.29 is 4.52 Å². The van der Waals surface area contributed by atoms with Crippen LogP contribution in [0.2, 0.25) is 0 Å². The Hall–Kier alpha value is -2.71. The number of para-hydroxylation sites is 1. The molecule has 0 atom stereocenters. The molecule has 6 nitrogen and oxygen atoms in total. The number of pyridine rings is 1. The molecule has 0 saturated carbocycles. The van der Waals surface area contributed by atoms with Gasteiger partial charge in [0.25, 0.3) is 0 Å². The molecule has 3 aromatic heterocycles. The Bertz CT molecular complexity index is 1310. The highest BCUT2D eigenvalue weighted by Crippen LogP contribution is 2.28. The molecule has 0 aliphatic carbocycles. The van der Waals surface area contributed by atoms with E-state index < -0.39 is 0 Å². The molecule has 3 heterocycles. The minimum Gasteiger partial charge on any atom is -0.338 e. The van der Waals surface area contributed by atoms with Gasteiger partial charge in [-0.05, 0) is 36.8 Å². The first-order valence-corrected chi connectivity index (χ1v) is 10.4. The monoisotopic (exact) mass is 451 g/mol. The SMILES string of the molecule is Cc1cc2nnc(SCc3nc(-c4cccc(Br)c4)no3)n2c2ccccc12. The first-order valence-electron chi connectivity index (χ1n) is 8.64. The maximum Gasteiger partial charge on any atom is 0.237 e. The van der Waals surface area contributed by atoms with E-state index in [-0.39, 0.29) is 0 Å². The second kappa shape index (κ2) is 7.03. The van der Waals surface area contributed by atoms with Crippen molar-refractivity contribution in [3.8, 4) is 11.4 Å². The van der Waals surface area contributed by atoms with E-state index in [1.54, 1.807) is 0 Å². The number of aromatic nitrogens is 5.